The van der Waals surface area contributed by atoms with Crippen molar-refractivity contribution in [3.8, 4) is 11.1 Å². The second kappa shape index (κ2) is 8.99. The van der Waals surface area contributed by atoms with Crippen LogP contribution in [0.1, 0.15) is 21.8 Å². The first-order valence-corrected chi connectivity index (χ1v) is 11.8. The molecule has 0 unspecified atom stereocenters. The summed E-state index contributed by atoms with van der Waals surface area (Å²) in [6.07, 6.45) is 3.54. The molecule has 1 aromatic carbocycles. The van der Waals surface area contributed by atoms with Gasteiger partial charge in [-0.2, -0.15) is 4.39 Å². The molecule has 0 aliphatic carbocycles. The van der Waals surface area contributed by atoms with Gasteiger partial charge in [-0.05, 0) is 36.2 Å². The van der Waals surface area contributed by atoms with Crippen LogP contribution in [0, 0.1) is 12.9 Å². The number of aromatic nitrogens is 2. The van der Waals surface area contributed by atoms with Crippen LogP contribution in [0.15, 0.2) is 48.1 Å². The van der Waals surface area contributed by atoms with Crippen LogP contribution >= 0.6 is 11.3 Å². The summed E-state index contributed by atoms with van der Waals surface area (Å²) in [6.45, 7) is 5.13. The minimum atomic E-state index is -0.511. The van der Waals surface area contributed by atoms with Crippen molar-refractivity contribution in [3.63, 3.8) is 0 Å². The van der Waals surface area contributed by atoms with E-state index in [9.17, 15) is 14.0 Å². The molecule has 33 heavy (non-hydrogen) atoms. The number of hydrogen-bond acceptors (Lipinski definition) is 6. The molecule has 7 nitrogen and oxygen atoms in total. The summed E-state index contributed by atoms with van der Waals surface area (Å²) in [4.78, 5) is 39.2. The third-order valence-corrected chi connectivity index (χ3v) is 7.16. The lowest BCUT2D eigenvalue weighted by atomic mass is 10.0. The first-order chi connectivity index (χ1) is 16.0. The number of pyridine rings is 1. The van der Waals surface area contributed by atoms with Crippen LogP contribution in [0.5, 0.6) is 0 Å². The van der Waals surface area contributed by atoms with E-state index in [2.05, 4.69) is 14.9 Å². The Hall–Kier alpha value is -3.17. The summed E-state index contributed by atoms with van der Waals surface area (Å²) in [5, 5.41) is 2.33. The molecule has 3 aromatic rings. The fraction of sp³-hybridized carbons (Fsp3) is 0.333. The molecule has 0 radical (unpaired) electrons. The van der Waals surface area contributed by atoms with E-state index in [1.54, 1.807) is 22.5 Å². The number of carbonyl (C=O) groups excluding carboxylic acids is 2. The van der Waals surface area contributed by atoms with E-state index in [-0.39, 0.29) is 17.9 Å². The third kappa shape index (κ3) is 4.26. The normalized spacial score (nSPS) is 19.3. The van der Waals surface area contributed by atoms with E-state index in [4.69, 9.17) is 0 Å². The number of carbonyl (C=O) groups is 2. The van der Waals surface area contributed by atoms with Gasteiger partial charge in [0.1, 0.15) is 0 Å². The number of hydrogen-bond donors (Lipinski definition) is 0. The van der Waals surface area contributed by atoms with Gasteiger partial charge < -0.3 is 9.80 Å². The van der Waals surface area contributed by atoms with Gasteiger partial charge >= 0.3 is 0 Å². The molecule has 2 saturated heterocycles. The van der Waals surface area contributed by atoms with Gasteiger partial charge in [-0.15, -0.1) is 11.3 Å². The maximum atomic E-state index is 14.4. The number of thiazole rings is 1. The van der Waals surface area contributed by atoms with Gasteiger partial charge in [-0.25, -0.2) is 9.97 Å². The average molecular weight is 465 g/mol. The molecular formula is C24H24FN5O2S. The summed E-state index contributed by atoms with van der Waals surface area (Å²) >= 11 is 1.36. The van der Waals surface area contributed by atoms with Crippen LogP contribution in [-0.4, -0.2) is 70.3 Å². The summed E-state index contributed by atoms with van der Waals surface area (Å²) in [5.41, 5.74) is 2.74. The minimum absolute atomic E-state index is 0.0245. The molecule has 0 bridgehead atoms. The second-order valence-corrected chi connectivity index (χ2v) is 9.27. The summed E-state index contributed by atoms with van der Waals surface area (Å²) < 4.78 is 14.4. The molecule has 170 valence electrons. The lowest BCUT2D eigenvalue weighted by Crippen LogP contribution is -2.52. The molecule has 2 aliphatic heterocycles. The first kappa shape index (κ1) is 21.7. The molecule has 2 aromatic heterocycles. The number of nitrogens with zero attached hydrogens (tertiary/aromatic N) is 5. The largest absolute Gasteiger partial charge is 0.334 e. The van der Waals surface area contributed by atoms with Gasteiger partial charge in [-0.1, -0.05) is 12.1 Å². The van der Waals surface area contributed by atoms with Crippen LogP contribution < -0.4 is 4.90 Å². The highest BCUT2D eigenvalue weighted by Crippen LogP contribution is 2.31. The predicted molar refractivity (Wildman–Crippen MR) is 125 cm³/mol. The fourth-order valence-electron chi connectivity index (χ4n) is 4.64. The Labute approximate surface area is 195 Å². The zero-order valence-electron chi connectivity index (χ0n) is 18.3. The van der Waals surface area contributed by atoms with E-state index < -0.39 is 5.95 Å². The van der Waals surface area contributed by atoms with Crippen molar-refractivity contribution < 1.29 is 14.0 Å². The second-order valence-electron chi connectivity index (χ2n) is 8.37. The Morgan fingerprint density at radius 2 is 1.94 bits per heavy atom. The third-order valence-electron chi connectivity index (χ3n) is 6.40. The minimum Gasteiger partial charge on any atom is -0.334 e. The van der Waals surface area contributed by atoms with E-state index in [0.717, 1.165) is 24.3 Å². The molecule has 0 spiro atoms. The van der Waals surface area contributed by atoms with Gasteiger partial charge in [0.2, 0.25) is 11.9 Å². The van der Waals surface area contributed by atoms with Crippen molar-refractivity contribution in [2.24, 2.45) is 0 Å². The number of anilines is 1. The van der Waals surface area contributed by atoms with Crippen molar-refractivity contribution >= 4 is 28.8 Å². The number of halogens is 1. The number of piperazine rings is 1. The quantitative estimate of drug-likeness (QED) is 0.555. The molecule has 0 saturated carbocycles. The average Bonchev–Trinajstić information content (AvgIpc) is 3.49. The molecule has 2 aliphatic rings. The lowest BCUT2D eigenvalue weighted by Gasteiger charge is -2.37. The topological polar surface area (TPSA) is 69.6 Å². The predicted octanol–water partition coefficient (Wildman–Crippen LogP) is 3.22. The van der Waals surface area contributed by atoms with Crippen molar-refractivity contribution in [1.29, 1.82) is 0 Å². The molecular weight excluding hydrogens is 440 g/mol. The number of aryl methyl sites for hydroxylation is 1. The van der Waals surface area contributed by atoms with Gasteiger partial charge in [-0.3, -0.25) is 14.5 Å². The molecule has 2 amide bonds. The van der Waals surface area contributed by atoms with Gasteiger partial charge in [0.15, 0.2) is 5.01 Å². The van der Waals surface area contributed by atoms with E-state index in [0.29, 0.717) is 42.2 Å². The maximum Gasteiger partial charge on any atom is 0.282 e. The highest BCUT2D eigenvalue weighted by Gasteiger charge is 2.36. The Balaban J connectivity index is 1.27. The van der Waals surface area contributed by atoms with Crippen LogP contribution in [0.2, 0.25) is 0 Å². The number of rotatable bonds is 4. The molecule has 4 heterocycles. The van der Waals surface area contributed by atoms with Crippen molar-refractivity contribution in [2.45, 2.75) is 19.4 Å². The maximum absolute atomic E-state index is 14.4. The Bertz CT molecular complexity index is 1160. The molecule has 2 fully saturated rings. The van der Waals surface area contributed by atoms with Gasteiger partial charge in [0.05, 0.1) is 0 Å². The standard InChI is InChI=1S/C24H24FN5O2S/c1-16-5-6-26-22(25)21(16)17-3-2-4-18(13-17)30-15-19(14-20(30)31)28-8-10-29(11-9-28)24(32)23-27-7-12-33-23/h2-7,12-13,19H,8-11,14-15H2,1H3/t19-/m1/s1/i25-1. The smallest absolute Gasteiger partial charge is 0.282 e. The SMILES string of the molecule is Cc1ccnc([18F])c1-c1cccc(N2C[C@H](N3CCN(C(=O)c4nccs4)CC3)CC2=O)c1. The Morgan fingerprint density at radius 1 is 1.12 bits per heavy atom. The highest BCUT2D eigenvalue weighted by molar-refractivity contribution is 7.11. The van der Waals surface area contributed by atoms with E-state index in [1.807, 2.05) is 36.1 Å². The molecule has 9 heteroatoms. The lowest BCUT2D eigenvalue weighted by molar-refractivity contribution is -0.117. The van der Waals surface area contributed by atoms with Crippen molar-refractivity contribution in [2.75, 3.05) is 37.6 Å². The number of benzene rings is 1. The number of amides is 2. The van der Waals surface area contributed by atoms with E-state index in [1.165, 1.54) is 17.5 Å². The van der Waals surface area contributed by atoms with Gasteiger partial charge in [0.25, 0.3) is 5.91 Å². The zero-order valence-corrected chi connectivity index (χ0v) is 19.1. The van der Waals surface area contributed by atoms with Gasteiger partial charge in [0, 0.05) is 74.2 Å². The molecule has 0 N–H and O–H groups in total. The molecule has 5 rings (SSSR count). The zero-order chi connectivity index (χ0) is 22.9. The fourth-order valence-corrected chi connectivity index (χ4v) is 5.24. The highest BCUT2D eigenvalue weighted by atomic mass is 32.1. The van der Waals surface area contributed by atoms with Crippen LogP contribution in [0.4, 0.5) is 10.1 Å². The van der Waals surface area contributed by atoms with Crippen molar-refractivity contribution in [1.82, 2.24) is 19.8 Å². The van der Waals surface area contributed by atoms with Crippen LogP contribution in [0.3, 0.4) is 0 Å². The van der Waals surface area contributed by atoms with Crippen LogP contribution in [-0.2, 0) is 4.79 Å². The van der Waals surface area contributed by atoms with Crippen molar-refractivity contribution in [3.05, 3.63) is 64.6 Å². The summed E-state index contributed by atoms with van der Waals surface area (Å²) in [5.74, 6) is -0.478. The molecule has 1 atom stereocenters. The summed E-state index contributed by atoms with van der Waals surface area (Å²) in [7, 11) is 0. The van der Waals surface area contributed by atoms with Crippen LogP contribution in [0.25, 0.3) is 11.1 Å². The monoisotopic (exact) mass is 464 g/mol. The van der Waals surface area contributed by atoms with E-state index >= 15 is 0 Å². The first-order valence-electron chi connectivity index (χ1n) is 11.0. The summed E-state index contributed by atoms with van der Waals surface area (Å²) in [6, 6.07) is 9.31. The Kier molecular flexibility index (Phi) is 5.90. The Morgan fingerprint density at radius 3 is 2.67 bits per heavy atom.